The third kappa shape index (κ3) is 2.16. The standard InChI is InChI=1S/C12H16N2OS/c1-8-4-3-5-9-11(8)13-10(6-7-16-2)12(15)14-9/h3-5,10,13H,6-7H2,1-2H3,(H,14,15). The summed E-state index contributed by atoms with van der Waals surface area (Å²) in [5.74, 6) is 1.07. The van der Waals surface area contributed by atoms with E-state index in [0.29, 0.717) is 0 Å². The fourth-order valence-corrected chi connectivity index (χ4v) is 2.33. The molecule has 1 aromatic carbocycles. The lowest BCUT2D eigenvalue weighted by molar-refractivity contribution is -0.117. The quantitative estimate of drug-likeness (QED) is 0.847. The molecule has 1 aromatic rings. The molecule has 4 heteroatoms. The molecular weight excluding hydrogens is 220 g/mol. The van der Waals surface area contributed by atoms with E-state index in [1.54, 1.807) is 11.8 Å². The Labute approximate surface area is 100.0 Å². The first-order valence-corrected chi connectivity index (χ1v) is 6.77. The number of fused-ring (bicyclic) bond motifs is 1. The first-order valence-electron chi connectivity index (χ1n) is 5.38. The van der Waals surface area contributed by atoms with Crippen LogP contribution in [0.1, 0.15) is 12.0 Å². The van der Waals surface area contributed by atoms with Crippen molar-refractivity contribution in [2.75, 3.05) is 22.6 Å². The van der Waals surface area contributed by atoms with Crippen LogP contribution in [0.4, 0.5) is 11.4 Å². The van der Waals surface area contributed by atoms with Crippen LogP contribution in [0.25, 0.3) is 0 Å². The molecule has 2 rings (SSSR count). The average molecular weight is 236 g/mol. The number of anilines is 2. The van der Waals surface area contributed by atoms with Gasteiger partial charge < -0.3 is 10.6 Å². The van der Waals surface area contributed by atoms with Crippen LogP contribution in [0, 0.1) is 6.92 Å². The van der Waals surface area contributed by atoms with Crippen LogP contribution in [-0.4, -0.2) is 24.0 Å². The lowest BCUT2D eigenvalue weighted by atomic mass is 10.1. The van der Waals surface area contributed by atoms with Gasteiger partial charge in [-0.25, -0.2) is 0 Å². The molecule has 16 heavy (non-hydrogen) atoms. The number of para-hydroxylation sites is 1. The normalized spacial score (nSPS) is 18.6. The van der Waals surface area contributed by atoms with Gasteiger partial charge in [-0.1, -0.05) is 12.1 Å². The van der Waals surface area contributed by atoms with Crippen LogP contribution in [0.3, 0.4) is 0 Å². The van der Waals surface area contributed by atoms with E-state index in [4.69, 9.17) is 0 Å². The van der Waals surface area contributed by atoms with Crippen molar-refractivity contribution in [3.63, 3.8) is 0 Å². The van der Waals surface area contributed by atoms with Gasteiger partial charge in [-0.3, -0.25) is 4.79 Å². The predicted octanol–water partition coefficient (Wildman–Crippen LogP) is 2.48. The highest BCUT2D eigenvalue weighted by atomic mass is 32.2. The molecule has 3 nitrogen and oxygen atoms in total. The molecular formula is C12H16N2OS. The van der Waals surface area contributed by atoms with Gasteiger partial charge in [0.15, 0.2) is 0 Å². The number of amides is 1. The number of carbonyl (C=O) groups is 1. The minimum absolute atomic E-state index is 0.0761. The molecule has 0 bridgehead atoms. The molecule has 1 atom stereocenters. The summed E-state index contributed by atoms with van der Waals surface area (Å²) < 4.78 is 0. The number of carbonyl (C=O) groups excluding carboxylic acids is 1. The molecule has 0 radical (unpaired) electrons. The van der Waals surface area contributed by atoms with Gasteiger partial charge in [-0.05, 0) is 37.0 Å². The van der Waals surface area contributed by atoms with Crippen molar-refractivity contribution in [1.82, 2.24) is 0 Å². The Balaban J connectivity index is 2.20. The second-order valence-electron chi connectivity index (χ2n) is 3.97. The van der Waals surface area contributed by atoms with Gasteiger partial charge in [0.1, 0.15) is 6.04 Å². The van der Waals surface area contributed by atoms with Gasteiger partial charge >= 0.3 is 0 Å². The minimum Gasteiger partial charge on any atom is -0.372 e. The van der Waals surface area contributed by atoms with E-state index in [9.17, 15) is 4.79 Å². The number of rotatable bonds is 3. The Bertz CT molecular complexity index is 406. The van der Waals surface area contributed by atoms with E-state index in [-0.39, 0.29) is 11.9 Å². The van der Waals surface area contributed by atoms with Gasteiger partial charge in [0, 0.05) is 0 Å². The summed E-state index contributed by atoms with van der Waals surface area (Å²) in [7, 11) is 0. The number of hydrogen-bond donors (Lipinski definition) is 2. The highest BCUT2D eigenvalue weighted by Gasteiger charge is 2.25. The molecule has 1 amide bonds. The van der Waals surface area contributed by atoms with Crippen molar-refractivity contribution in [3.8, 4) is 0 Å². The van der Waals surface area contributed by atoms with Gasteiger partial charge in [0.25, 0.3) is 0 Å². The highest BCUT2D eigenvalue weighted by Crippen LogP contribution is 2.30. The van der Waals surface area contributed by atoms with Gasteiger partial charge in [-0.2, -0.15) is 11.8 Å². The van der Waals surface area contributed by atoms with Gasteiger partial charge in [-0.15, -0.1) is 0 Å². The highest BCUT2D eigenvalue weighted by molar-refractivity contribution is 7.98. The van der Waals surface area contributed by atoms with E-state index in [1.807, 2.05) is 12.1 Å². The zero-order valence-electron chi connectivity index (χ0n) is 9.54. The van der Waals surface area contributed by atoms with E-state index in [1.165, 1.54) is 5.56 Å². The number of hydrogen-bond acceptors (Lipinski definition) is 3. The molecule has 0 fully saturated rings. The van der Waals surface area contributed by atoms with E-state index < -0.39 is 0 Å². The maximum absolute atomic E-state index is 11.8. The fraction of sp³-hybridized carbons (Fsp3) is 0.417. The molecule has 0 aliphatic carbocycles. The number of nitrogens with one attached hydrogen (secondary N) is 2. The summed E-state index contributed by atoms with van der Waals surface area (Å²) in [6, 6.07) is 5.84. The monoisotopic (exact) mass is 236 g/mol. The first-order chi connectivity index (χ1) is 7.72. The van der Waals surface area contributed by atoms with Crippen molar-refractivity contribution in [3.05, 3.63) is 23.8 Å². The lowest BCUT2D eigenvalue weighted by Gasteiger charge is -2.27. The summed E-state index contributed by atoms with van der Waals surface area (Å²) in [6.45, 7) is 2.05. The largest absolute Gasteiger partial charge is 0.372 e. The fourth-order valence-electron chi connectivity index (χ4n) is 1.86. The maximum Gasteiger partial charge on any atom is 0.246 e. The number of thioether (sulfide) groups is 1. The molecule has 0 saturated heterocycles. The Hall–Kier alpha value is -1.16. The lowest BCUT2D eigenvalue weighted by Crippen LogP contribution is -2.39. The molecule has 86 valence electrons. The minimum atomic E-state index is -0.0963. The third-order valence-electron chi connectivity index (χ3n) is 2.78. The smallest absolute Gasteiger partial charge is 0.246 e. The van der Waals surface area contributed by atoms with Crippen LogP contribution in [-0.2, 0) is 4.79 Å². The Morgan fingerprint density at radius 3 is 3.00 bits per heavy atom. The second kappa shape index (κ2) is 4.78. The van der Waals surface area contributed by atoms with Crippen molar-refractivity contribution in [2.24, 2.45) is 0 Å². The zero-order valence-corrected chi connectivity index (χ0v) is 10.4. The Morgan fingerprint density at radius 2 is 2.25 bits per heavy atom. The Morgan fingerprint density at radius 1 is 1.44 bits per heavy atom. The first kappa shape index (κ1) is 11.3. The Kier molecular flexibility index (Phi) is 3.39. The molecule has 1 unspecified atom stereocenters. The van der Waals surface area contributed by atoms with Crippen LogP contribution >= 0.6 is 11.8 Å². The number of aryl methyl sites for hydroxylation is 1. The summed E-state index contributed by atoms with van der Waals surface area (Å²) in [6.07, 6.45) is 2.92. The molecule has 2 N–H and O–H groups in total. The maximum atomic E-state index is 11.8. The summed E-state index contributed by atoms with van der Waals surface area (Å²) >= 11 is 1.76. The molecule has 0 aromatic heterocycles. The predicted molar refractivity (Wildman–Crippen MR) is 70.2 cm³/mol. The molecule has 0 saturated carbocycles. The molecule has 1 aliphatic rings. The number of benzene rings is 1. The van der Waals surface area contributed by atoms with E-state index in [2.05, 4.69) is 29.9 Å². The van der Waals surface area contributed by atoms with E-state index >= 15 is 0 Å². The van der Waals surface area contributed by atoms with E-state index in [0.717, 1.165) is 23.5 Å². The van der Waals surface area contributed by atoms with Crippen LogP contribution in [0.2, 0.25) is 0 Å². The third-order valence-corrected chi connectivity index (χ3v) is 3.42. The summed E-state index contributed by atoms with van der Waals surface area (Å²) in [5, 5.41) is 6.27. The van der Waals surface area contributed by atoms with Crippen molar-refractivity contribution >= 4 is 29.0 Å². The summed E-state index contributed by atoms with van der Waals surface area (Å²) in [5.41, 5.74) is 3.13. The van der Waals surface area contributed by atoms with Crippen LogP contribution in [0.5, 0.6) is 0 Å². The van der Waals surface area contributed by atoms with Crippen LogP contribution in [0.15, 0.2) is 18.2 Å². The molecule has 0 spiro atoms. The summed E-state index contributed by atoms with van der Waals surface area (Å²) in [4.78, 5) is 11.8. The van der Waals surface area contributed by atoms with Crippen molar-refractivity contribution in [2.45, 2.75) is 19.4 Å². The van der Waals surface area contributed by atoms with Crippen molar-refractivity contribution < 1.29 is 4.79 Å². The molecule has 1 heterocycles. The molecule has 1 aliphatic heterocycles. The topological polar surface area (TPSA) is 41.1 Å². The zero-order chi connectivity index (χ0) is 11.5. The van der Waals surface area contributed by atoms with Gasteiger partial charge in [0.05, 0.1) is 11.4 Å². The second-order valence-corrected chi connectivity index (χ2v) is 4.95. The average Bonchev–Trinajstić information content (AvgIpc) is 2.27. The van der Waals surface area contributed by atoms with Crippen molar-refractivity contribution in [1.29, 1.82) is 0 Å². The van der Waals surface area contributed by atoms with Gasteiger partial charge in [0.2, 0.25) is 5.91 Å². The SMILES string of the molecule is CSCCC1Nc2c(C)cccc2NC1=O. The van der Waals surface area contributed by atoms with Crippen LogP contribution < -0.4 is 10.6 Å².